The molecular formula is C10H9BrO3. The highest BCUT2D eigenvalue weighted by Gasteiger charge is 2.29. The van der Waals surface area contributed by atoms with Crippen molar-refractivity contribution in [2.75, 3.05) is 6.61 Å². The van der Waals surface area contributed by atoms with Gasteiger partial charge in [-0.3, -0.25) is 4.79 Å². The van der Waals surface area contributed by atoms with Crippen LogP contribution in [-0.4, -0.2) is 17.7 Å². The first-order valence-electron chi connectivity index (χ1n) is 4.34. The second-order valence-electron chi connectivity index (χ2n) is 3.18. The van der Waals surface area contributed by atoms with E-state index in [1.807, 2.05) is 12.1 Å². The van der Waals surface area contributed by atoms with Gasteiger partial charge in [-0.25, -0.2) is 0 Å². The summed E-state index contributed by atoms with van der Waals surface area (Å²) in [5.41, 5.74) is 0.756. The Balaban J connectivity index is 2.52. The molecule has 14 heavy (non-hydrogen) atoms. The van der Waals surface area contributed by atoms with E-state index in [4.69, 9.17) is 9.84 Å². The lowest BCUT2D eigenvalue weighted by Crippen LogP contribution is -2.21. The minimum atomic E-state index is -0.790. The first-order valence-corrected chi connectivity index (χ1v) is 5.13. The van der Waals surface area contributed by atoms with Gasteiger partial charge < -0.3 is 9.84 Å². The SMILES string of the molecule is O=C(O)C1CCOc2cccc(Br)c21. The highest BCUT2D eigenvalue weighted by atomic mass is 79.9. The molecule has 0 spiro atoms. The summed E-state index contributed by atoms with van der Waals surface area (Å²) in [4.78, 5) is 11.0. The lowest BCUT2D eigenvalue weighted by Gasteiger charge is -2.23. The minimum Gasteiger partial charge on any atom is -0.493 e. The summed E-state index contributed by atoms with van der Waals surface area (Å²) in [5.74, 6) is -0.561. The first-order chi connectivity index (χ1) is 6.70. The van der Waals surface area contributed by atoms with Crippen LogP contribution >= 0.6 is 15.9 Å². The van der Waals surface area contributed by atoms with Crippen LogP contribution in [0.3, 0.4) is 0 Å². The lowest BCUT2D eigenvalue weighted by molar-refractivity contribution is -0.139. The Morgan fingerprint density at radius 3 is 3.07 bits per heavy atom. The number of hydrogen-bond acceptors (Lipinski definition) is 2. The fourth-order valence-electron chi connectivity index (χ4n) is 1.66. The summed E-state index contributed by atoms with van der Waals surface area (Å²) in [5, 5.41) is 9.03. The van der Waals surface area contributed by atoms with E-state index in [1.54, 1.807) is 6.07 Å². The largest absolute Gasteiger partial charge is 0.493 e. The maximum atomic E-state index is 11.0. The molecule has 1 aliphatic rings. The molecule has 0 amide bonds. The van der Waals surface area contributed by atoms with Crippen LogP contribution < -0.4 is 4.74 Å². The second-order valence-corrected chi connectivity index (χ2v) is 4.03. The maximum absolute atomic E-state index is 11.0. The third-order valence-electron chi connectivity index (χ3n) is 2.32. The quantitative estimate of drug-likeness (QED) is 0.840. The summed E-state index contributed by atoms with van der Waals surface area (Å²) in [6, 6.07) is 5.48. The van der Waals surface area contributed by atoms with Crippen LogP contribution in [0.15, 0.2) is 22.7 Å². The van der Waals surface area contributed by atoms with Crippen molar-refractivity contribution in [3.63, 3.8) is 0 Å². The maximum Gasteiger partial charge on any atom is 0.311 e. The molecule has 1 aliphatic heterocycles. The van der Waals surface area contributed by atoms with Gasteiger partial charge in [0.05, 0.1) is 12.5 Å². The number of carboxylic acid groups (broad SMARTS) is 1. The molecule has 0 radical (unpaired) electrons. The smallest absolute Gasteiger partial charge is 0.311 e. The van der Waals surface area contributed by atoms with E-state index < -0.39 is 11.9 Å². The molecule has 0 fully saturated rings. The molecule has 0 saturated carbocycles. The monoisotopic (exact) mass is 256 g/mol. The van der Waals surface area contributed by atoms with Gasteiger partial charge in [-0.15, -0.1) is 0 Å². The average molecular weight is 257 g/mol. The number of halogens is 1. The molecule has 1 N–H and O–H groups in total. The zero-order valence-electron chi connectivity index (χ0n) is 7.37. The minimum absolute atomic E-state index is 0.450. The molecule has 1 aromatic carbocycles. The number of carbonyl (C=O) groups is 1. The van der Waals surface area contributed by atoms with Crippen molar-refractivity contribution < 1.29 is 14.6 Å². The van der Waals surface area contributed by atoms with Gasteiger partial charge in [-0.1, -0.05) is 22.0 Å². The molecule has 3 nitrogen and oxygen atoms in total. The summed E-state index contributed by atoms with van der Waals surface area (Å²) >= 11 is 3.35. The van der Waals surface area contributed by atoms with Crippen molar-refractivity contribution in [2.45, 2.75) is 12.3 Å². The van der Waals surface area contributed by atoms with Gasteiger partial charge in [-0.2, -0.15) is 0 Å². The molecule has 0 aromatic heterocycles. The Bertz CT molecular complexity index is 376. The number of fused-ring (bicyclic) bond motifs is 1. The predicted octanol–water partition coefficient (Wildman–Crippen LogP) is 2.40. The molecule has 4 heteroatoms. The van der Waals surface area contributed by atoms with Crippen molar-refractivity contribution in [3.05, 3.63) is 28.2 Å². The third-order valence-corrected chi connectivity index (χ3v) is 3.02. The molecule has 0 saturated heterocycles. The van der Waals surface area contributed by atoms with Gasteiger partial charge >= 0.3 is 5.97 Å². The van der Waals surface area contributed by atoms with E-state index in [1.165, 1.54) is 0 Å². The van der Waals surface area contributed by atoms with Gasteiger partial charge in [0.15, 0.2) is 0 Å². The number of carboxylic acids is 1. The standard InChI is InChI=1S/C10H9BrO3/c11-7-2-1-3-8-9(7)6(10(12)13)4-5-14-8/h1-3,6H,4-5H2,(H,12,13). The summed E-state index contributed by atoms with van der Waals surface area (Å²) < 4.78 is 6.20. The molecule has 74 valence electrons. The van der Waals surface area contributed by atoms with E-state index in [0.717, 1.165) is 10.0 Å². The molecule has 1 heterocycles. The number of ether oxygens (including phenoxy) is 1. The molecule has 1 aromatic rings. The zero-order chi connectivity index (χ0) is 10.1. The van der Waals surface area contributed by atoms with Crippen LogP contribution in [0, 0.1) is 0 Å². The fourth-order valence-corrected chi connectivity index (χ4v) is 2.28. The van der Waals surface area contributed by atoms with Crippen molar-refractivity contribution in [2.24, 2.45) is 0 Å². The number of benzene rings is 1. The Kier molecular flexibility index (Phi) is 2.46. The van der Waals surface area contributed by atoms with Crippen molar-refractivity contribution in [1.29, 1.82) is 0 Å². The average Bonchev–Trinajstić information content (AvgIpc) is 2.17. The molecule has 1 unspecified atom stereocenters. The highest BCUT2D eigenvalue weighted by Crippen LogP contribution is 2.38. The van der Waals surface area contributed by atoms with Crippen molar-refractivity contribution in [1.82, 2.24) is 0 Å². The van der Waals surface area contributed by atoms with Crippen LogP contribution in [0.25, 0.3) is 0 Å². The Morgan fingerprint density at radius 1 is 1.57 bits per heavy atom. The highest BCUT2D eigenvalue weighted by molar-refractivity contribution is 9.10. The Morgan fingerprint density at radius 2 is 2.36 bits per heavy atom. The van der Waals surface area contributed by atoms with Crippen LogP contribution in [0.1, 0.15) is 17.9 Å². The van der Waals surface area contributed by atoms with Crippen molar-refractivity contribution in [3.8, 4) is 5.75 Å². The first kappa shape index (κ1) is 9.52. The van der Waals surface area contributed by atoms with Crippen LogP contribution in [0.5, 0.6) is 5.75 Å². The third kappa shape index (κ3) is 1.50. The van der Waals surface area contributed by atoms with Gasteiger partial charge in [0.1, 0.15) is 5.75 Å². The Hall–Kier alpha value is -1.03. The Labute approximate surface area is 89.8 Å². The summed E-state index contributed by atoms with van der Waals surface area (Å²) in [6.07, 6.45) is 0.533. The molecule has 0 bridgehead atoms. The van der Waals surface area contributed by atoms with Gasteiger partial charge in [0.2, 0.25) is 0 Å². The number of hydrogen-bond donors (Lipinski definition) is 1. The molecular weight excluding hydrogens is 248 g/mol. The summed E-state index contributed by atoms with van der Waals surface area (Å²) in [7, 11) is 0. The van der Waals surface area contributed by atoms with Crippen LogP contribution in [0.2, 0.25) is 0 Å². The van der Waals surface area contributed by atoms with Gasteiger partial charge in [-0.05, 0) is 18.6 Å². The van der Waals surface area contributed by atoms with Gasteiger partial charge in [0.25, 0.3) is 0 Å². The van der Waals surface area contributed by atoms with E-state index >= 15 is 0 Å². The van der Waals surface area contributed by atoms with Crippen LogP contribution in [-0.2, 0) is 4.79 Å². The number of rotatable bonds is 1. The number of aliphatic carboxylic acids is 1. The molecule has 0 aliphatic carbocycles. The second kappa shape index (κ2) is 3.61. The lowest BCUT2D eigenvalue weighted by atomic mass is 9.93. The topological polar surface area (TPSA) is 46.5 Å². The van der Waals surface area contributed by atoms with E-state index in [-0.39, 0.29) is 0 Å². The molecule has 1 atom stereocenters. The van der Waals surface area contributed by atoms with Crippen molar-refractivity contribution >= 4 is 21.9 Å². The van der Waals surface area contributed by atoms with Gasteiger partial charge in [0, 0.05) is 10.0 Å². The zero-order valence-corrected chi connectivity index (χ0v) is 8.95. The van der Waals surface area contributed by atoms with E-state index in [9.17, 15) is 4.79 Å². The van der Waals surface area contributed by atoms with Crippen LogP contribution in [0.4, 0.5) is 0 Å². The fraction of sp³-hybridized carbons (Fsp3) is 0.300. The normalized spacial score (nSPS) is 19.6. The molecule has 2 rings (SSSR count). The van der Waals surface area contributed by atoms with E-state index in [0.29, 0.717) is 18.8 Å². The van der Waals surface area contributed by atoms with E-state index in [2.05, 4.69) is 15.9 Å². The predicted molar refractivity (Wildman–Crippen MR) is 54.6 cm³/mol. The summed E-state index contributed by atoms with van der Waals surface area (Å²) in [6.45, 7) is 0.473.